The Morgan fingerprint density at radius 3 is 2.41 bits per heavy atom. The number of rotatable bonds is 4. The maximum atomic E-state index is 11.4. The molecule has 0 saturated heterocycles. The Balaban J connectivity index is 2.81. The highest BCUT2D eigenvalue weighted by molar-refractivity contribution is 5.78. The SMILES string of the molecule is CCc1ccc(C(C)(C)NC(=O)CC#N)cc1. The fourth-order valence-electron chi connectivity index (χ4n) is 1.69. The minimum Gasteiger partial charge on any atom is -0.346 e. The third-order valence-electron chi connectivity index (χ3n) is 2.78. The smallest absolute Gasteiger partial charge is 0.234 e. The van der Waals surface area contributed by atoms with E-state index in [4.69, 9.17) is 5.26 Å². The van der Waals surface area contributed by atoms with Crippen LogP contribution in [-0.4, -0.2) is 5.91 Å². The molecule has 0 aliphatic carbocycles. The fourth-order valence-corrected chi connectivity index (χ4v) is 1.69. The number of nitriles is 1. The van der Waals surface area contributed by atoms with Crippen LogP contribution in [0.2, 0.25) is 0 Å². The van der Waals surface area contributed by atoms with Gasteiger partial charge in [0, 0.05) is 0 Å². The van der Waals surface area contributed by atoms with Crippen molar-refractivity contribution in [2.24, 2.45) is 0 Å². The molecule has 3 nitrogen and oxygen atoms in total. The second kappa shape index (κ2) is 5.49. The maximum absolute atomic E-state index is 11.4. The molecule has 0 unspecified atom stereocenters. The molecule has 0 heterocycles. The largest absolute Gasteiger partial charge is 0.346 e. The van der Waals surface area contributed by atoms with Gasteiger partial charge in [-0.25, -0.2) is 0 Å². The lowest BCUT2D eigenvalue weighted by Gasteiger charge is -2.26. The predicted molar refractivity (Wildman–Crippen MR) is 67.2 cm³/mol. The van der Waals surface area contributed by atoms with Crippen molar-refractivity contribution < 1.29 is 4.79 Å². The number of hydrogen-bond donors (Lipinski definition) is 1. The second-order valence-corrected chi connectivity index (χ2v) is 4.56. The summed E-state index contributed by atoms with van der Waals surface area (Å²) in [7, 11) is 0. The molecule has 3 heteroatoms. The maximum Gasteiger partial charge on any atom is 0.234 e. The van der Waals surface area contributed by atoms with Crippen molar-refractivity contribution in [1.82, 2.24) is 5.32 Å². The summed E-state index contributed by atoms with van der Waals surface area (Å²) in [4.78, 5) is 11.4. The van der Waals surface area contributed by atoms with Gasteiger partial charge in [0.05, 0.1) is 11.6 Å². The number of benzene rings is 1. The summed E-state index contributed by atoms with van der Waals surface area (Å²) in [5.74, 6) is -0.239. The van der Waals surface area contributed by atoms with Gasteiger partial charge >= 0.3 is 0 Å². The number of hydrogen-bond acceptors (Lipinski definition) is 2. The molecule has 0 aliphatic heterocycles. The van der Waals surface area contributed by atoms with E-state index in [1.165, 1.54) is 5.56 Å². The molecule has 0 aliphatic rings. The van der Waals surface area contributed by atoms with Gasteiger partial charge in [0.25, 0.3) is 0 Å². The molecule has 1 amide bonds. The lowest BCUT2D eigenvalue weighted by Crippen LogP contribution is -2.40. The van der Waals surface area contributed by atoms with E-state index in [0.717, 1.165) is 12.0 Å². The van der Waals surface area contributed by atoms with Crippen LogP contribution in [0.4, 0.5) is 0 Å². The Morgan fingerprint density at radius 2 is 1.94 bits per heavy atom. The predicted octanol–water partition coefficient (Wildman–Crippen LogP) is 2.51. The van der Waals surface area contributed by atoms with Gasteiger partial charge in [0.15, 0.2) is 0 Å². The van der Waals surface area contributed by atoms with Crippen LogP contribution in [0.25, 0.3) is 0 Å². The molecule has 0 atom stereocenters. The van der Waals surface area contributed by atoms with Crippen LogP contribution in [0, 0.1) is 11.3 Å². The molecule has 0 spiro atoms. The second-order valence-electron chi connectivity index (χ2n) is 4.56. The molecule has 17 heavy (non-hydrogen) atoms. The Kier molecular flexibility index (Phi) is 4.28. The van der Waals surface area contributed by atoms with Crippen molar-refractivity contribution >= 4 is 5.91 Å². The number of aryl methyl sites for hydroxylation is 1. The van der Waals surface area contributed by atoms with Gasteiger partial charge in [-0.1, -0.05) is 31.2 Å². The van der Waals surface area contributed by atoms with Gasteiger partial charge in [-0.3, -0.25) is 4.79 Å². The molecule has 0 fully saturated rings. The van der Waals surface area contributed by atoms with Gasteiger partial charge in [-0.05, 0) is 31.4 Å². The molecule has 0 saturated carbocycles. The van der Waals surface area contributed by atoms with Crippen LogP contribution in [0.3, 0.4) is 0 Å². The fraction of sp³-hybridized carbons (Fsp3) is 0.429. The van der Waals surface area contributed by atoms with Gasteiger partial charge in [0.1, 0.15) is 6.42 Å². The zero-order valence-corrected chi connectivity index (χ0v) is 10.6. The van der Waals surface area contributed by atoms with Crippen LogP contribution in [-0.2, 0) is 16.8 Å². The van der Waals surface area contributed by atoms with Crippen molar-refractivity contribution in [2.75, 3.05) is 0 Å². The minimum absolute atomic E-state index is 0.101. The zero-order valence-electron chi connectivity index (χ0n) is 10.6. The first-order chi connectivity index (χ1) is 7.99. The van der Waals surface area contributed by atoms with Crippen molar-refractivity contribution in [2.45, 2.75) is 39.2 Å². The molecule has 1 aromatic rings. The van der Waals surface area contributed by atoms with E-state index in [-0.39, 0.29) is 12.3 Å². The zero-order chi connectivity index (χ0) is 12.9. The monoisotopic (exact) mass is 230 g/mol. The number of nitrogens with one attached hydrogen (secondary N) is 1. The van der Waals surface area contributed by atoms with Gasteiger partial charge in [0.2, 0.25) is 5.91 Å². The van der Waals surface area contributed by atoms with Crippen LogP contribution in [0.1, 0.15) is 38.3 Å². The van der Waals surface area contributed by atoms with Crippen molar-refractivity contribution in [3.8, 4) is 6.07 Å². The van der Waals surface area contributed by atoms with Crippen molar-refractivity contribution in [3.63, 3.8) is 0 Å². The molecule has 0 radical (unpaired) electrons. The summed E-state index contributed by atoms with van der Waals surface area (Å²) in [6.45, 7) is 5.97. The third kappa shape index (κ3) is 3.60. The lowest BCUT2D eigenvalue weighted by molar-refractivity contribution is -0.121. The average molecular weight is 230 g/mol. The Bertz CT molecular complexity index is 427. The molecular weight excluding hydrogens is 212 g/mol. The first-order valence-electron chi connectivity index (χ1n) is 5.77. The summed E-state index contributed by atoms with van der Waals surface area (Å²) in [6.07, 6.45) is 0.901. The number of nitrogens with zero attached hydrogens (tertiary/aromatic N) is 1. The summed E-state index contributed by atoms with van der Waals surface area (Å²) in [5.41, 5.74) is 1.87. The average Bonchev–Trinajstić information content (AvgIpc) is 2.28. The summed E-state index contributed by atoms with van der Waals surface area (Å²) >= 11 is 0. The Morgan fingerprint density at radius 1 is 1.35 bits per heavy atom. The first-order valence-corrected chi connectivity index (χ1v) is 5.77. The van der Waals surface area contributed by atoms with Crippen LogP contribution in [0.15, 0.2) is 24.3 Å². The van der Waals surface area contributed by atoms with Crippen molar-refractivity contribution in [3.05, 3.63) is 35.4 Å². The van der Waals surface area contributed by atoms with Crippen molar-refractivity contribution in [1.29, 1.82) is 5.26 Å². The summed E-state index contributed by atoms with van der Waals surface area (Å²) in [6, 6.07) is 10.0. The summed E-state index contributed by atoms with van der Waals surface area (Å²) in [5, 5.41) is 11.3. The molecular formula is C14H18N2O. The molecule has 1 aromatic carbocycles. The Labute approximate surface area is 102 Å². The van der Waals surface area contributed by atoms with E-state index < -0.39 is 5.54 Å². The molecule has 1 N–H and O–H groups in total. The first kappa shape index (κ1) is 13.2. The van der Waals surface area contributed by atoms with E-state index in [0.29, 0.717) is 0 Å². The van der Waals surface area contributed by atoms with Crippen LogP contribution < -0.4 is 5.32 Å². The standard InChI is InChI=1S/C14H18N2O/c1-4-11-5-7-12(8-6-11)14(2,3)16-13(17)9-10-15/h5-8H,4,9H2,1-3H3,(H,16,17). The van der Waals surface area contributed by atoms with E-state index in [1.807, 2.05) is 32.0 Å². The molecule has 1 rings (SSSR count). The molecule has 90 valence electrons. The van der Waals surface area contributed by atoms with Gasteiger partial charge in [-0.2, -0.15) is 5.26 Å². The highest BCUT2D eigenvalue weighted by Gasteiger charge is 2.22. The number of carbonyl (C=O) groups is 1. The number of carbonyl (C=O) groups excluding carboxylic acids is 1. The Hall–Kier alpha value is -1.82. The summed E-state index contributed by atoms with van der Waals surface area (Å²) < 4.78 is 0. The highest BCUT2D eigenvalue weighted by Crippen LogP contribution is 2.20. The topological polar surface area (TPSA) is 52.9 Å². The molecule has 0 aromatic heterocycles. The van der Waals surface area contributed by atoms with Crippen LogP contribution in [0.5, 0.6) is 0 Å². The van der Waals surface area contributed by atoms with E-state index >= 15 is 0 Å². The van der Waals surface area contributed by atoms with E-state index in [1.54, 1.807) is 0 Å². The van der Waals surface area contributed by atoms with Gasteiger partial charge in [-0.15, -0.1) is 0 Å². The minimum atomic E-state index is -0.444. The van der Waals surface area contributed by atoms with Crippen LogP contribution >= 0.6 is 0 Å². The van der Waals surface area contributed by atoms with E-state index in [9.17, 15) is 4.79 Å². The third-order valence-corrected chi connectivity index (χ3v) is 2.78. The normalized spacial score (nSPS) is 10.7. The van der Waals surface area contributed by atoms with Gasteiger partial charge < -0.3 is 5.32 Å². The van der Waals surface area contributed by atoms with E-state index in [2.05, 4.69) is 24.4 Å². The highest BCUT2D eigenvalue weighted by atomic mass is 16.1. The quantitative estimate of drug-likeness (QED) is 0.864. The lowest BCUT2D eigenvalue weighted by atomic mass is 9.93. The molecule has 0 bridgehead atoms. The number of amides is 1.